The van der Waals surface area contributed by atoms with E-state index in [1.807, 2.05) is 0 Å². The summed E-state index contributed by atoms with van der Waals surface area (Å²) in [4.78, 5) is 0. The Balaban J connectivity index is 4.93. The molecule has 0 aliphatic carbocycles. The molecule has 0 aromatic heterocycles. The Bertz CT molecular complexity index is 215. The van der Waals surface area contributed by atoms with Crippen molar-refractivity contribution in [1.82, 2.24) is 0 Å². The van der Waals surface area contributed by atoms with Gasteiger partial charge in [0.05, 0.1) is 0 Å². The van der Waals surface area contributed by atoms with Crippen LogP contribution >= 0.6 is 0 Å². The van der Waals surface area contributed by atoms with Crippen LogP contribution in [0.15, 0.2) is 12.2 Å². The number of alkyl halides is 7. The Morgan fingerprint density at radius 3 is 1.57 bits per heavy atom. The predicted molar refractivity (Wildman–Crippen MR) is 31.8 cm³/mol. The minimum absolute atomic E-state index is 0.361. The summed E-state index contributed by atoms with van der Waals surface area (Å²) >= 11 is 0. The van der Waals surface area contributed by atoms with Crippen molar-refractivity contribution in [3.8, 4) is 0 Å². The third kappa shape index (κ3) is 3.52. The predicted octanol–water partition coefficient (Wildman–Crippen LogP) is 3.33. The van der Waals surface area contributed by atoms with E-state index in [2.05, 4.69) is 4.74 Å². The van der Waals surface area contributed by atoms with E-state index in [0.717, 1.165) is 6.92 Å². The van der Waals surface area contributed by atoms with Gasteiger partial charge in [-0.25, -0.2) is 4.74 Å². The zero-order valence-electron chi connectivity index (χ0n) is 6.71. The Morgan fingerprint density at radius 2 is 1.36 bits per heavy atom. The van der Waals surface area contributed by atoms with Crippen molar-refractivity contribution in [2.24, 2.45) is 0 Å². The van der Waals surface area contributed by atoms with Gasteiger partial charge in [0, 0.05) is 0 Å². The molecule has 0 aromatic rings. The molecule has 0 radical (unpaired) electrons. The lowest BCUT2D eigenvalue weighted by molar-refractivity contribution is -0.432. The second kappa shape index (κ2) is 3.76. The van der Waals surface area contributed by atoms with E-state index >= 15 is 0 Å². The fraction of sp³-hybridized carbons (Fsp3) is 0.667. The highest BCUT2D eigenvalue weighted by Gasteiger charge is 2.60. The van der Waals surface area contributed by atoms with Gasteiger partial charge >= 0.3 is 18.4 Å². The zero-order valence-corrected chi connectivity index (χ0v) is 6.71. The Labute approximate surface area is 74.1 Å². The van der Waals surface area contributed by atoms with Crippen LogP contribution in [0.25, 0.3) is 0 Å². The largest absolute Gasteiger partial charge is 0.525 e. The van der Waals surface area contributed by atoms with E-state index in [0.29, 0.717) is 6.08 Å². The van der Waals surface area contributed by atoms with Gasteiger partial charge in [-0.3, -0.25) is 0 Å². The maximum Gasteiger partial charge on any atom is 0.525 e. The van der Waals surface area contributed by atoms with Crippen LogP contribution in [0.4, 0.5) is 30.7 Å². The van der Waals surface area contributed by atoms with E-state index in [9.17, 15) is 30.7 Å². The molecule has 0 spiro atoms. The van der Waals surface area contributed by atoms with Crippen molar-refractivity contribution in [1.29, 1.82) is 0 Å². The van der Waals surface area contributed by atoms with Gasteiger partial charge in [0.2, 0.25) is 0 Å². The summed E-state index contributed by atoms with van der Waals surface area (Å²) < 4.78 is 84.5. The second-order valence-corrected chi connectivity index (χ2v) is 2.19. The molecule has 1 nitrogen and oxygen atoms in total. The summed E-state index contributed by atoms with van der Waals surface area (Å²) in [6.07, 6.45) is -11.4. The van der Waals surface area contributed by atoms with E-state index in [1.54, 1.807) is 0 Å². The zero-order chi connectivity index (χ0) is 11.6. The Kier molecular flexibility index (Phi) is 3.54. The molecule has 0 aromatic carbocycles. The first-order chi connectivity index (χ1) is 6.02. The molecule has 0 unspecified atom stereocenters. The van der Waals surface area contributed by atoms with E-state index in [1.165, 1.54) is 0 Å². The molecule has 8 heteroatoms. The van der Waals surface area contributed by atoms with Gasteiger partial charge < -0.3 is 0 Å². The first-order valence-electron chi connectivity index (χ1n) is 3.18. The number of ether oxygens (including phenoxy) is 1. The standard InChI is InChI=1S/C6H5F7O/c1-2-3-4(7,5(8,9)10)14-6(11,12)13/h2-3H,1H3/b3-2-/t4-/m0/s1. The molecule has 0 saturated heterocycles. The molecular weight excluding hydrogens is 221 g/mol. The van der Waals surface area contributed by atoms with Crippen LogP contribution in [0.3, 0.4) is 0 Å². The van der Waals surface area contributed by atoms with Crippen molar-refractivity contribution < 1.29 is 35.5 Å². The van der Waals surface area contributed by atoms with Gasteiger partial charge in [-0.15, -0.1) is 13.2 Å². The number of allylic oxidation sites excluding steroid dienone is 1. The van der Waals surface area contributed by atoms with Gasteiger partial charge in [-0.05, 0) is 13.0 Å². The molecule has 0 bridgehead atoms. The molecule has 0 fully saturated rings. The molecule has 84 valence electrons. The van der Waals surface area contributed by atoms with Gasteiger partial charge in [0.25, 0.3) is 0 Å². The average molecular weight is 226 g/mol. The number of hydrogen-bond acceptors (Lipinski definition) is 1. The fourth-order valence-electron chi connectivity index (χ4n) is 0.569. The fourth-order valence-corrected chi connectivity index (χ4v) is 0.569. The van der Waals surface area contributed by atoms with Gasteiger partial charge in [0.1, 0.15) is 0 Å². The molecule has 0 saturated carbocycles. The maximum atomic E-state index is 12.6. The first kappa shape index (κ1) is 13.2. The number of halogens is 7. The van der Waals surface area contributed by atoms with Crippen molar-refractivity contribution in [3.05, 3.63) is 12.2 Å². The minimum Gasteiger partial charge on any atom is -0.242 e. The molecule has 0 heterocycles. The van der Waals surface area contributed by atoms with Crippen LogP contribution < -0.4 is 0 Å². The molecule has 0 aliphatic rings. The maximum absolute atomic E-state index is 12.6. The van der Waals surface area contributed by atoms with Gasteiger partial charge in [0.15, 0.2) is 0 Å². The monoisotopic (exact) mass is 226 g/mol. The molecular formula is C6H5F7O. The lowest BCUT2D eigenvalue weighted by Gasteiger charge is -2.25. The molecule has 0 N–H and O–H groups in total. The summed E-state index contributed by atoms with van der Waals surface area (Å²) in [6, 6.07) is 0. The molecule has 0 rings (SSSR count). The quantitative estimate of drug-likeness (QED) is 0.518. The lowest BCUT2D eigenvalue weighted by Crippen LogP contribution is -2.45. The van der Waals surface area contributed by atoms with Crippen LogP contribution in [0.5, 0.6) is 0 Å². The number of hydrogen-bond donors (Lipinski definition) is 0. The molecule has 0 aliphatic heterocycles. The molecule has 1 atom stereocenters. The van der Waals surface area contributed by atoms with Crippen molar-refractivity contribution in [3.63, 3.8) is 0 Å². The summed E-state index contributed by atoms with van der Waals surface area (Å²) in [7, 11) is 0. The minimum atomic E-state index is -5.78. The number of rotatable bonds is 2. The van der Waals surface area contributed by atoms with Crippen LogP contribution in [-0.2, 0) is 4.74 Å². The third-order valence-corrected chi connectivity index (χ3v) is 1.03. The molecule has 0 amide bonds. The average Bonchev–Trinajstić information content (AvgIpc) is 1.79. The smallest absolute Gasteiger partial charge is 0.242 e. The molecule has 14 heavy (non-hydrogen) atoms. The van der Waals surface area contributed by atoms with Crippen molar-refractivity contribution in [2.45, 2.75) is 25.3 Å². The second-order valence-electron chi connectivity index (χ2n) is 2.19. The van der Waals surface area contributed by atoms with Crippen LogP contribution in [0, 0.1) is 0 Å². The summed E-state index contributed by atoms with van der Waals surface area (Å²) in [6.45, 7) is 0.930. The topological polar surface area (TPSA) is 9.23 Å². The Morgan fingerprint density at radius 1 is 0.929 bits per heavy atom. The van der Waals surface area contributed by atoms with Gasteiger partial charge in [-0.2, -0.15) is 17.6 Å². The van der Waals surface area contributed by atoms with Crippen molar-refractivity contribution >= 4 is 0 Å². The third-order valence-electron chi connectivity index (χ3n) is 1.03. The van der Waals surface area contributed by atoms with E-state index in [4.69, 9.17) is 0 Å². The van der Waals surface area contributed by atoms with Crippen LogP contribution in [-0.4, -0.2) is 18.4 Å². The Hall–Kier alpha value is -0.790. The van der Waals surface area contributed by atoms with Gasteiger partial charge in [-0.1, -0.05) is 6.08 Å². The normalized spacial score (nSPS) is 18.6. The lowest BCUT2D eigenvalue weighted by atomic mass is 10.3. The van der Waals surface area contributed by atoms with Crippen LogP contribution in [0.2, 0.25) is 0 Å². The summed E-state index contributed by atoms with van der Waals surface area (Å²) in [5.74, 6) is -4.83. The SMILES string of the molecule is C/C=C\[C@](F)(OC(F)(F)F)C(F)(F)F. The van der Waals surface area contributed by atoms with Crippen LogP contribution in [0.1, 0.15) is 6.92 Å². The van der Waals surface area contributed by atoms with E-state index in [-0.39, 0.29) is 6.08 Å². The van der Waals surface area contributed by atoms with E-state index < -0.39 is 18.4 Å². The highest BCUT2D eigenvalue weighted by Crippen LogP contribution is 2.40. The summed E-state index contributed by atoms with van der Waals surface area (Å²) in [5.41, 5.74) is 0. The highest BCUT2D eigenvalue weighted by molar-refractivity contribution is 4.99. The summed E-state index contributed by atoms with van der Waals surface area (Å²) in [5, 5.41) is 0. The first-order valence-corrected chi connectivity index (χ1v) is 3.18. The van der Waals surface area contributed by atoms with Crippen molar-refractivity contribution in [2.75, 3.05) is 0 Å². The highest BCUT2D eigenvalue weighted by atomic mass is 19.4.